The summed E-state index contributed by atoms with van der Waals surface area (Å²) in [5, 5.41) is 10.5. The number of carbonyl (C=O) groups excluding carboxylic acids is 1. The van der Waals surface area contributed by atoms with Crippen LogP contribution in [0.2, 0.25) is 5.02 Å². The van der Waals surface area contributed by atoms with Crippen LogP contribution in [0, 0.1) is 18.3 Å². The molecule has 148 valence electrons. The summed E-state index contributed by atoms with van der Waals surface area (Å²) in [4.78, 5) is 16.2. The molecule has 0 bridgehead atoms. The molecule has 4 nitrogen and oxygen atoms in total. The number of H-pyrrole nitrogens is 1. The Morgan fingerprint density at radius 1 is 1.10 bits per heavy atom. The Kier molecular flexibility index (Phi) is 5.31. The molecule has 0 atom stereocenters. The van der Waals surface area contributed by atoms with Crippen molar-refractivity contribution in [3.8, 4) is 28.5 Å². The van der Waals surface area contributed by atoms with Gasteiger partial charge < -0.3 is 9.72 Å². The van der Waals surface area contributed by atoms with Crippen LogP contribution in [0.5, 0.6) is 0 Å². The summed E-state index contributed by atoms with van der Waals surface area (Å²) >= 11 is 6.42. The highest BCUT2D eigenvalue weighted by atomic mass is 35.5. The monoisotopic (exact) mass is 414 g/mol. The molecule has 1 aromatic heterocycles. The van der Waals surface area contributed by atoms with Crippen molar-refractivity contribution in [3.63, 3.8) is 0 Å². The molecule has 3 aromatic carbocycles. The number of nitrogens with one attached hydrogen (secondary N) is 1. The van der Waals surface area contributed by atoms with E-state index in [0.717, 1.165) is 33.2 Å². The van der Waals surface area contributed by atoms with Gasteiger partial charge in [0.05, 0.1) is 29.5 Å². The van der Waals surface area contributed by atoms with Gasteiger partial charge in [-0.1, -0.05) is 41.9 Å². The number of aromatic amines is 1. The van der Waals surface area contributed by atoms with Crippen LogP contribution < -0.4 is 0 Å². The molecule has 1 N–H and O–H groups in total. The van der Waals surface area contributed by atoms with Crippen LogP contribution in [-0.4, -0.2) is 17.6 Å². The number of nitrogens with zero attached hydrogens (tertiary/aromatic N) is 1. The number of fused-ring (bicyclic) bond motifs is 1. The topological polar surface area (TPSA) is 65.9 Å². The Hall–Kier alpha value is -3.55. The Morgan fingerprint density at radius 3 is 2.60 bits per heavy atom. The highest BCUT2D eigenvalue weighted by Crippen LogP contribution is 2.37. The minimum Gasteiger partial charge on any atom is -0.462 e. The lowest BCUT2D eigenvalue weighted by molar-refractivity contribution is 0.0529. The number of halogens is 1. The molecular formula is C25H19ClN2O2. The first-order valence-corrected chi connectivity index (χ1v) is 10.00. The number of hydrogen-bond donors (Lipinski definition) is 1. The van der Waals surface area contributed by atoms with Crippen molar-refractivity contribution < 1.29 is 9.53 Å². The van der Waals surface area contributed by atoms with E-state index in [9.17, 15) is 4.79 Å². The fourth-order valence-corrected chi connectivity index (χ4v) is 3.93. The lowest BCUT2D eigenvalue weighted by Gasteiger charge is -2.08. The third kappa shape index (κ3) is 3.45. The van der Waals surface area contributed by atoms with Crippen molar-refractivity contribution in [2.45, 2.75) is 13.8 Å². The minimum atomic E-state index is -0.396. The highest BCUT2D eigenvalue weighted by molar-refractivity contribution is 6.33. The van der Waals surface area contributed by atoms with E-state index in [2.05, 4.69) is 11.1 Å². The smallest absolute Gasteiger partial charge is 0.340 e. The number of esters is 1. The number of aromatic nitrogens is 1. The third-order valence-corrected chi connectivity index (χ3v) is 5.42. The third-order valence-electron chi connectivity index (χ3n) is 5.09. The molecule has 0 amide bonds. The molecule has 0 unspecified atom stereocenters. The maximum atomic E-state index is 12.9. The summed E-state index contributed by atoms with van der Waals surface area (Å²) in [6, 6.07) is 21.1. The van der Waals surface area contributed by atoms with Gasteiger partial charge in [-0.3, -0.25) is 0 Å². The summed E-state index contributed by atoms with van der Waals surface area (Å²) in [5.41, 5.74) is 6.25. The van der Waals surface area contributed by atoms with Gasteiger partial charge >= 0.3 is 5.97 Å². The zero-order chi connectivity index (χ0) is 21.3. The van der Waals surface area contributed by atoms with Crippen LogP contribution in [0.25, 0.3) is 33.3 Å². The molecule has 0 fully saturated rings. The first kappa shape index (κ1) is 19.8. The first-order valence-electron chi connectivity index (χ1n) is 9.62. The van der Waals surface area contributed by atoms with Gasteiger partial charge in [0.25, 0.3) is 0 Å². The van der Waals surface area contributed by atoms with E-state index in [-0.39, 0.29) is 6.61 Å². The molecule has 0 radical (unpaired) electrons. The zero-order valence-electron chi connectivity index (χ0n) is 16.6. The van der Waals surface area contributed by atoms with E-state index >= 15 is 0 Å². The molecule has 1 heterocycles. The van der Waals surface area contributed by atoms with E-state index < -0.39 is 5.97 Å². The van der Waals surface area contributed by atoms with Crippen LogP contribution in [0.1, 0.15) is 28.4 Å². The Morgan fingerprint density at radius 2 is 1.90 bits per heavy atom. The van der Waals surface area contributed by atoms with Gasteiger partial charge in [-0.15, -0.1) is 0 Å². The van der Waals surface area contributed by atoms with Crippen molar-refractivity contribution in [2.24, 2.45) is 0 Å². The number of benzene rings is 3. The molecule has 4 rings (SSSR count). The van der Waals surface area contributed by atoms with Crippen molar-refractivity contribution in [1.29, 1.82) is 5.26 Å². The number of nitriles is 1. The van der Waals surface area contributed by atoms with Crippen molar-refractivity contribution >= 4 is 28.5 Å². The maximum absolute atomic E-state index is 12.9. The van der Waals surface area contributed by atoms with Crippen molar-refractivity contribution in [2.75, 3.05) is 6.61 Å². The van der Waals surface area contributed by atoms with Gasteiger partial charge in [-0.2, -0.15) is 5.26 Å². The number of carbonyl (C=O) groups is 1. The Balaban J connectivity index is 1.96. The molecular weight excluding hydrogens is 396 g/mol. The normalized spacial score (nSPS) is 10.7. The van der Waals surface area contributed by atoms with Crippen molar-refractivity contribution in [1.82, 2.24) is 4.98 Å². The van der Waals surface area contributed by atoms with Crippen LogP contribution in [0.15, 0.2) is 60.7 Å². The summed E-state index contributed by atoms with van der Waals surface area (Å²) in [5.74, 6) is -0.396. The zero-order valence-corrected chi connectivity index (χ0v) is 17.4. The second kappa shape index (κ2) is 8.06. The van der Waals surface area contributed by atoms with Crippen LogP contribution in [0.4, 0.5) is 0 Å². The summed E-state index contributed by atoms with van der Waals surface area (Å²) in [6.45, 7) is 4.04. The number of hydrogen-bond acceptors (Lipinski definition) is 3. The van der Waals surface area contributed by atoms with Crippen molar-refractivity contribution in [3.05, 3.63) is 82.4 Å². The molecule has 30 heavy (non-hydrogen) atoms. The Bertz CT molecular complexity index is 1310. The Labute approximate surface area is 179 Å². The quantitative estimate of drug-likeness (QED) is 0.387. The van der Waals surface area contributed by atoms with Crippen LogP contribution in [-0.2, 0) is 4.74 Å². The predicted octanol–water partition coefficient (Wildman–Crippen LogP) is 6.51. The summed E-state index contributed by atoms with van der Waals surface area (Å²) in [7, 11) is 0. The van der Waals surface area contributed by atoms with Gasteiger partial charge in [0.15, 0.2) is 0 Å². The standard InChI is InChI=1S/C25H19ClN2O2/c1-3-30-25(29)23-20-13-17(18-10-8-16(14-27)12-15(18)2)9-11-22(20)28-24(23)19-6-4-5-7-21(19)26/h4-13,28H,3H2,1-2H3. The SMILES string of the molecule is CCOC(=O)c1c(-c2ccccc2Cl)[nH]c2ccc(-c3ccc(C#N)cc3C)cc12. The second-order valence-corrected chi connectivity index (χ2v) is 7.38. The van der Waals surface area contributed by atoms with Gasteiger partial charge in [-0.05, 0) is 60.9 Å². The average molecular weight is 415 g/mol. The van der Waals surface area contributed by atoms with Gasteiger partial charge in [0.1, 0.15) is 0 Å². The average Bonchev–Trinajstić information content (AvgIpc) is 3.12. The molecule has 0 saturated heterocycles. The minimum absolute atomic E-state index is 0.280. The van der Waals surface area contributed by atoms with E-state index in [0.29, 0.717) is 21.8 Å². The van der Waals surface area contributed by atoms with E-state index in [1.807, 2.05) is 55.5 Å². The molecule has 0 aliphatic carbocycles. The number of rotatable bonds is 4. The molecule has 0 aliphatic rings. The van der Waals surface area contributed by atoms with E-state index in [4.69, 9.17) is 21.6 Å². The highest BCUT2D eigenvalue weighted by Gasteiger charge is 2.22. The molecule has 5 heteroatoms. The van der Waals surface area contributed by atoms with Gasteiger partial charge in [0, 0.05) is 21.5 Å². The molecule has 0 saturated carbocycles. The fourth-order valence-electron chi connectivity index (χ4n) is 3.70. The molecule has 0 aliphatic heterocycles. The largest absolute Gasteiger partial charge is 0.462 e. The van der Waals surface area contributed by atoms with E-state index in [1.54, 1.807) is 19.1 Å². The second-order valence-electron chi connectivity index (χ2n) is 6.98. The summed E-state index contributed by atoms with van der Waals surface area (Å²) in [6.07, 6.45) is 0. The van der Waals surface area contributed by atoms with Gasteiger partial charge in [0.2, 0.25) is 0 Å². The van der Waals surface area contributed by atoms with E-state index in [1.165, 1.54) is 0 Å². The number of ether oxygens (including phenoxy) is 1. The first-order chi connectivity index (χ1) is 14.5. The lowest BCUT2D eigenvalue weighted by atomic mass is 9.96. The molecule has 0 spiro atoms. The fraction of sp³-hybridized carbons (Fsp3) is 0.120. The van der Waals surface area contributed by atoms with Crippen LogP contribution >= 0.6 is 11.6 Å². The predicted molar refractivity (Wildman–Crippen MR) is 120 cm³/mol. The van der Waals surface area contributed by atoms with Gasteiger partial charge in [-0.25, -0.2) is 4.79 Å². The van der Waals surface area contributed by atoms with Crippen LogP contribution in [0.3, 0.4) is 0 Å². The maximum Gasteiger partial charge on any atom is 0.340 e. The lowest BCUT2D eigenvalue weighted by Crippen LogP contribution is -2.05. The number of aryl methyl sites for hydroxylation is 1. The summed E-state index contributed by atoms with van der Waals surface area (Å²) < 4.78 is 5.36. The molecule has 4 aromatic rings.